The van der Waals surface area contributed by atoms with Crippen LogP contribution >= 0.6 is 23.2 Å². The van der Waals surface area contributed by atoms with E-state index in [4.69, 9.17) is 32.7 Å². The van der Waals surface area contributed by atoms with Crippen molar-refractivity contribution in [2.75, 3.05) is 20.3 Å². The predicted molar refractivity (Wildman–Crippen MR) is 127 cm³/mol. The molecule has 1 aliphatic rings. The number of halogens is 2. The van der Waals surface area contributed by atoms with Gasteiger partial charge < -0.3 is 24.5 Å². The SMILES string of the molecule is CCC(C(=O)O)c1ccc(C2(NC(=O)c3cc4c(Cl)c(Cl)c(OC)cc4n3C)COC2)cc1. The number of amides is 1. The number of carboxylic acids is 1. The van der Waals surface area contributed by atoms with Crippen LogP contribution in [0.1, 0.15) is 40.9 Å². The first kappa shape index (κ1) is 23.4. The first-order valence-electron chi connectivity index (χ1n) is 10.5. The van der Waals surface area contributed by atoms with E-state index in [1.165, 1.54) is 7.11 Å². The molecular weight excluding hydrogens is 467 g/mol. The van der Waals surface area contributed by atoms with Gasteiger partial charge in [0.1, 0.15) is 22.0 Å². The van der Waals surface area contributed by atoms with E-state index in [0.29, 0.717) is 52.0 Å². The number of fused-ring (bicyclic) bond motifs is 1. The van der Waals surface area contributed by atoms with Crippen LogP contribution in [0.2, 0.25) is 10.0 Å². The molecule has 0 saturated carbocycles. The number of rotatable bonds is 7. The highest BCUT2D eigenvalue weighted by atomic mass is 35.5. The standard InChI is InChI=1S/C24H24Cl2N2O5/c1-4-15(23(30)31)13-5-7-14(8-6-13)24(11-33-12-24)27-22(29)18-9-16-17(28(18)2)10-19(32-3)21(26)20(16)25/h5-10,15H,4,11-12H2,1-3H3,(H,27,29)(H,30,31). The van der Waals surface area contributed by atoms with Crippen molar-refractivity contribution in [3.63, 3.8) is 0 Å². The van der Waals surface area contributed by atoms with E-state index < -0.39 is 17.4 Å². The molecule has 2 aromatic carbocycles. The molecule has 7 nitrogen and oxygen atoms in total. The minimum atomic E-state index is -0.855. The fourth-order valence-electron chi connectivity index (χ4n) is 4.23. The Labute approximate surface area is 201 Å². The molecule has 174 valence electrons. The van der Waals surface area contributed by atoms with Gasteiger partial charge >= 0.3 is 5.97 Å². The number of aliphatic carboxylic acids is 1. The number of benzene rings is 2. The fourth-order valence-corrected chi connectivity index (χ4v) is 4.71. The van der Waals surface area contributed by atoms with Crippen molar-refractivity contribution in [1.82, 2.24) is 9.88 Å². The molecule has 1 aliphatic heterocycles. The number of nitrogens with zero attached hydrogens (tertiary/aromatic N) is 1. The number of carbonyl (C=O) groups is 2. The van der Waals surface area contributed by atoms with Gasteiger partial charge in [-0.05, 0) is 23.6 Å². The van der Waals surface area contributed by atoms with E-state index in [1.807, 2.05) is 19.1 Å². The van der Waals surface area contributed by atoms with Crippen LogP contribution in [0.4, 0.5) is 0 Å². The summed E-state index contributed by atoms with van der Waals surface area (Å²) in [4.78, 5) is 24.8. The van der Waals surface area contributed by atoms with Crippen molar-refractivity contribution < 1.29 is 24.2 Å². The molecule has 1 unspecified atom stereocenters. The molecule has 0 aliphatic carbocycles. The molecule has 3 aromatic rings. The number of hydrogen-bond acceptors (Lipinski definition) is 4. The first-order chi connectivity index (χ1) is 15.7. The Balaban J connectivity index is 1.65. The van der Waals surface area contributed by atoms with Crippen LogP contribution < -0.4 is 10.1 Å². The van der Waals surface area contributed by atoms with Crippen LogP contribution in [-0.4, -0.2) is 41.9 Å². The number of carbonyl (C=O) groups excluding carboxylic acids is 1. The number of aryl methyl sites for hydroxylation is 1. The number of hydrogen-bond donors (Lipinski definition) is 2. The molecule has 0 spiro atoms. The average molecular weight is 491 g/mol. The summed E-state index contributed by atoms with van der Waals surface area (Å²) in [6.45, 7) is 2.48. The van der Waals surface area contributed by atoms with Crippen LogP contribution in [0.5, 0.6) is 5.75 Å². The van der Waals surface area contributed by atoms with E-state index in [1.54, 1.807) is 35.9 Å². The van der Waals surface area contributed by atoms with Gasteiger partial charge in [-0.25, -0.2) is 0 Å². The van der Waals surface area contributed by atoms with Gasteiger partial charge in [0.05, 0.1) is 36.8 Å². The summed E-state index contributed by atoms with van der Waals surface area (Å²) in [5.74, 6) is -1.28. The Morgan fingerprint density at radius 1 is 1.21 bits per heavy atom. The summed E-state index contributed by atoms with van der Waals surface area (Å²) in [6.07, 6.45) is 0.498. The van der Waals surface area contributed by atoms with E-state index in [9.17, 15) is 14.7 Å². The minimum absolute atomic E-state index is 0.288. The smallest absolute Gasteiger partial charge is 0.310 e. The molecule has 1 fully saturated rings. The highest BCUT2D eigenvalue weighted by Gasteiger charge is 2.42. The molecule has 2 N–H and O–H groups in total. The lowest BCUT2D eigenvalue weighted by Crippen LogP contribution is -2.59. The Bertz CT molecular complexity index is 1230. The molecule has 0 radical (unpaired) electrons. The van der Waals surface area contributed by atoms with Crippen molar-refractivity contribution in [3.8, 4) is 5.75 Å². The lowest BCUT2D eigenvalue weighted by atomic mass is 9.85. The summed E-state index contributed by atoms with van der Waals surface area (Å²) < 4.78 is 12.5. The quantitative estimate of drug-likeness (QED) is 0.499. The summed E-state index contributed by atoms with van der Waals surface area (Å²) in [6, 6.07) is 10.8. The maximum atomic E-state index is 13.3. The van der Waals surface area contributed by atoms with E-state index in [0.717, 1.165) is 11.1 Å². The Morgan fingerprint density at radius 3 is 2.39 bits per heavy atom. The number of carboxylic acid groups (broad SMARTS) is 1. The van der Waals surface area contributed by atoms with Gasteiger partial charge in [0.15, 0.2) is 0 Å². The summed E-state index contributed by atoms with van der Waals surface area (Å²) in [5.41, 5.74) is 2.01. The molecule has 1 saturated heterocycles. The van der Waals surface area contributed by atoms with E-state index in [-0.39, 0.29) is 5.91 Å². The molecule has 1 amide bonds. The second-order valence-electron chi connectivity index (χ2n) is 8.18. The summed E-state index contributed by atoms with van der Waals surface area (Å²) in [7, 11) is 3.28. The minimum Gasteiger partial charge on any atom is -0.495 e. The van der Waals surface area contributed by atoms with Crippen LogP contribution in [0.15, 0.2) is 36.4 Å². The van der Waals surface area contributed by atoms with Crippen LogP contribution in [-0.2, 0) is 22.1 Å². The second kappa shape index (κ2) is 8.89. The van der Waals surface area contributed by atoms with Crippen molar-refractivity contribution in [2.24, 2.45) is 7.05 Å². The predicted octanol–water partition coefficient (Wildman–Crippen LogP) is 4.73. The van der Waals surface area contributed by atoms with Gasteiger partial charge in [0.25, 0.3) is 5.91 Å². The zero-order valence-electron chi connectivity index (χ0n) is 18.4. The van der Waals surface area contributed by atoms with Crippen molar-refractivity contribution in [2.45, 2.75) is 24.8 Å². The number of nitrogens with one attached hydrogen (secondary N) is 1. The average Bonchev–Trinajstić information content (AvgIpc) is 3.10. The van der Waals surface area contributed by atoms with Gasteiger partial charge in [-0.1, -0.05) is 54.4 Å². The zero-order chi connectivity index (χ0) is 23.9. The molecule has 1 atom stereocenters. The van der Waals surface area contributed by atoms with Crippen LogP contribution in [0.3, 0.4) is 0 Å². The molecule has 4 rings (SSSR count). The van der Waals surface area contributed by atoms with E-state index >= 15 is 0 Å². The fraction of sp³-hybridized carbons (Fsp3) is 0.333. The second-order valence-corrected chi connectivity index (χ2v) is 8.93. The lowest BCUT2D eigenvalue weighted by molar-refractivity contribution is -0.138. The maximum Gasteiger partial charge on any atom is 0.310 e. The summed E-state index contributed by atoms with van der Waals surface area (Å²) in [5, 5.41) is 13.8. The topological polar surface area (TPSA) is 89.8 Å². The molecule has 33 heavy (non-hydrogen) atoms. The van der Waals surface area contributed by atoms with Crippen molar-refractivity contribution in [1.29, 1.82) is 0 Å². The third kappa shape index (κ3) is 3.94. The van der Waals surface area contributed by atoms with Crippen LogP contribution in [0.25, 0.3) is 10.9 Å². The largest absolute Gasteiger partial charge is 0.495 e. The molecule has 0 bridgehead atoms. The van der Waals surface area contributed by atoms with Gasteiger partial charge in [-0.15, -0.1) is 0 Å². The third-order valence-electron chi connectivity index (χ3n) is 6.27. The maximum absolute atomic E-state index is 13.3. The molecular formula is C24H24Cl2N2O5. The Morgan fingerprint density at radius 2 is 1.88 bits per heavy atom. The highest BCUT2D eigenvalue weighted by molar-refractivity contribution is 6.46. The van der Waals surface area contributed by atoms with Crippen molar-refractivity contribution >= 4 is 46.0 Å². The molecule has 2 heterocycles. The normalized spacial score (nSPS) is 15.7. The third-order valence-corrected chi connectivity index (χ3v) is 7.13. The Kier molecular flexibility index (Phi) is 6.31. The van der Waals surface area contributed by atoms with E-state index in [2.05, 4.69) is 5.32 Å². The first-order valence-corrected chi connectivity index (χ1v) is 11.2. The van der Waals surface area contributed by atoms with Crippen LogP contribution in [0, 0.1) is 0 Å². The monoisotopic (exact) mass is 490 g/mol. The molecule has 9 heteroatoms. The highest BCUT2D eigenvalue weighted by Crippen LogP contribution is 2.40. The lowest BCUT2D eigenvalue weighted by Gasteiger charge is -2.42. The Hall–Kier alpha value is -2.74. The number of ether oxygens (including phenoxy) is 2. The van der Waals surface area contributed by atoms with Gasteiger partial charge in [0, 0.05) is 18.5 Å². The van der Waals surface area contributed by atoms with Gasteiger partial charge in [0.2, 0.25) is 0 Å². The van der Waals surface area contributed by atoms with Crippen molar-refractivity contribution in [3.05, 3.63) is 63.3 Å². The molecule has 1 aromatic heterocycles. The number of aromatic nitrogens is 1. The van der Waals surface area contributed by atoms with Gasteiger partial charge in [-0.2, -0.15) is 0 Å². The zero-order valence-corrected chi connectivity index (χ0v) is 20.0. The van der Waals surface area contributed by atoms with Gasteiger partial charge in [-0.3, -0.25) is 9.59 Å². The number of methoxy groups -OCH3 is 1. The summed E-state index contributed by atoms with van der Waals surface area (Å²) >= 11 is 12.7.